The van der Waals surface area contributed by atoms with E-state index in [1.165, 1.54) is 17.3 Å². The van der Waals surface area contributed by atoms with Gasteiger partial charge in [-0.2, -0.15) is 4.31 Å². The lowest BCUT2D eigenvalue weighted by atomic mass is 10.2. The van der Waals surface area contributed by atoms with Crippen LogP contribution in [0.2, 0.25) is 5.02 Å². The molecule has 1 atom stereocenters. The predicted octanol–water partition coefficient (Wildman–Crippen LogP) is 3.98. The molecule has 11 heteroatoms. The first-order chi connectivity index (χ1) is 15.1. The molecular formula is C21H21ClF2N2O5S. The van der Waals surface area contributed by atoms with Crippen molar-refractivity contribution in [1.29, 1.82) is 0 Å². The zero-order chi connectivity index (χ0) is 23.5. The molecular weight excluding hydrogens is 466 g/mol. The molecule has 1 heterocycles. The van der Waals surface area contributed by atoms with E-state index in [0.717, 1.165) is 36.8 Å². The molecule has 3 rings (SSSR count). The van der Waals surface area contributed by atoms with E-state index in [0.29, 0.717) is 12.8 Å². The number of anilines is 1. The molecule has 0 radical (unpaired) electrons. The van der Waals surface area contributed by atoms with E-state index in [2.05, 4.69) is 5.32 Å². The number of halogens is 3. The highest BCUT2D eigenvalue weighted by Crippen LogP contribution is 2.25. The molecule has 1 saturated heterocycles. The van der Waals surface area contributed by atoms with Crippen molar-refractivity contribution in [2.45, 2.75) is 37.2 Å². The Bertz CT molecular complexity index is 1140. The summed E-state index contributed by atoms with van der Waals surface area (Å²) in [5.74, 6) is -3.31. The fourth-order valence-electron chi connectivity index (χ4n) is 3.18. The van der Waals surface area contributed by atoms with Crippen LogP contribution >= 0.6 is 11.6 Å². The number of rotatable bonds is 6. The van der Waals surface area contributed by atoms with Crippen molar-refractivity contribution in [2.75, 3.05) is 18.4 Å². The second-order valence-corrected chi connectivity index (χ2v) is 9.58. The van der Waals surface area contributed by atoms with Gasteiger partial charge in [-0.3, -0.25) is 4.79 Å². The Hall–Kier alpha value is -2.56. The minimum atomic E-state index is -4.12. The van der Waals surface area contributed by atoms with Gasteiger partial charge in [0.05, 0.1) is 16.3 Å². The summed E-state index contributed by atoms with van der Waals surface area (Å²) in [5.41, 5.74) is -0.0980. The van der Waals surface area contributed by atoms with Crippen LogP contribution in [0.25, 0.3) is 0 Å². The van der Waals surface area contributed by atoms with E-state index in [1.807, 2.05) is 0 Å². The third-order valence-electron chi connectivity index (χ3n) is 4.94. The van der Waals surface area contributed by atoms with Crippen molar-refractivity contribution < 1.29 is 31.5 Å². The van der Waals surface area contributed by atoms with Crippen LogP contribution in [0.3, 0.4) is 0 Å². The lowest BCUT2D eigenvalue weighted by molar-refractivity contribution is -0.123. The quantitative estimate of drug-likeness (QED) is 0.623. The molecule has 0 aliphatic carbocycles. The number of hydrogen-bond donors (Lipinski definition) is 1. The molecule has 7 nitrogen and oxygen atoms in total. The standard InChI is InChI=1S/C21H21ClF2N2O5S/c1-13(20(27)25-18-8-6-15(23)12-16(18)22)31-21(28)14-5-7-17(24)19(11-14)32(29,30)26-9-3-2-4-10-26/h5-8,11-13H,2-4,9-10H2,1H3,(H,25,27)/t13-/m1/s1. The Morgan fingerprint density at radius 2 is 1.78 bits per heavy atom. The van der Waals surface area contributed by atoms with Crippen molar-refractivity contribution in [3.63, 3.8) is 0 Å². The van der Waals surface area contributed by atoms with E-state index in [9.17, 15) is 26.8 Å². The summed E-state index contributed by atoms with van der Waals surface area (Å²) < 4.78 is 59.3. The minimum absolute atomic E-state index is 0.0389. The van der Waals surface area contributed by atoms with Gasteiger partial charge in [-0.1, -0.05) is 18.0 Å². The van der Waals surface area contributed by atoms with Gasteiger partial charge in [-0.15, -0.1) is 0 Å². The third-order valence-corrected chi connectivity index (χ3v) is 7.17. The first kappa shape index (κ1) is 24.1. The fourth-order valence-corrected chi connectivity index (χ4v) is 5.00. The monoisotopic (exact) mass is 486 g/mol. The molecule has 1 fully saturated rings. The molecule has 0 aromatic heterocycles. The van der Waals surface area contributed by atoms with E-state index in [4.69, 9.17) is 16.3 Å². The van der Waals surface area contributed by atoms with E-state index < -0.39 is 44.5 Å². The minimum Gasteiger partial charge on any atom is -0.449 e. The first-order valence-corrected chi connectivity index (χ1v) is 11.7. The number of carbonyl (C=O) groups excluding carboxylic acids is 2. The lowest BCUT2D eigenvalue weighted by Crippen LogP contribution is -2.36. The number of ether oxygens (including phenoxy) is 1. The van der Waals surface area contributed by atoms with Crippen molar-refractivity contribution in [2.24, 2.45) is 0 Å². The highest BCUT2D eigenvalue weighted by atomic mass is 35.5. The highest BCUT2D eigenvalue weighted by Gasteiger charge is 2.30. The molecule has 1 N–H and O–H groups in total. The van der Waals surface area contributed by atoms with Crippen molar-refractivity contribution in [1.82, 2.24) is 4.31 Å². The number of benzene rings is 2. The fraction of sp³-hybridized carbons (Fsp3) is 0.333. The number of piperidine rings is 1. The largest absolute Gasteiger partial charge is 0.449 e. The van der Waals surface area contributed by atoms with Gasteiger partial charge < -0.3 is 10.1 Å². The molecule has 1 aliphatic heterocycles. The van der Waals surface area contributed by atoms with Gasteiger partial charge in [0.1, 0.15) is 16.5 Å². The number of sulfonamides is 1. The maximum absolute atomic E-state index is 14.3. The smallest absolute Gasteiger partial charge is 0.338 e. The van der Waals surface area contributed by atoms with Crippen LogP contribution in [-0.4, -0.2) is 43.8 Å². The second kappa shape index (κ2) is 9.93. The maximum atomic E-state index is 14.3. The average Bonchev–Trinajstić information content (AvgIpc) is 2.76. The summed E-state index contributed by atoms with van der Waals surface area (Å²) in [6.07, 6.45) is 0.945. The zero-order valence-corrected chi connectivity index (χ0v) is 18.7. The Kier molecular flexibility index (Phi) is 7.47. The molecule has 0 bridgehead atoms. The Morgan fingerprint density at radius 1 is 1.09 bits per heavy atom. The summed E-state index contributed by atoms with van der Waals surface area (Å²) in [4.78, 5) is 24.2. The van der Waals surface area contributed by atoms with Gasteiger partial charge in [0.2, 0.25) is 10.0 Å². The third kappa shape index (κ3) is 5.43. The van der Waals surface area contributed by atoms with Gasteiger partial charge in [-0.05, 0) is 56.2 Å². The molecule has 0 saturated carbocycles. The summed E-state index contributed by atoms with van der Waals surface area (Å²) in [5, 5.41) is 2.37. The predicted molar refractivity (Wildman–Crippen MR) is 114 cm³/mol. The summed E-state index contributed by atoms with van der Waals surface area (Å²) >= 11 is 5.86. The molecule has 1 aliphatic rings. The van der Waals surface area contributed by atoms with Crippen LogP contribution in [0.15, 0.2) is 41.3 Å². The maximum Gasteiger partial charge on any atom is 0.338 e. The number of nitrogens with zero attached hydrogens (tertiary/aromatic N) is 1. The van der Waals surface area contributed by atoms with Crippen LogP contribution in [0.4, 0.5) is 14.5 Å². The van der Waals surface area contributed by atoms with Crippen molar-refractivity contribution in [3.05, 3.63) is 58.6 Å². The summed E-state index contributed by atoms with van der Waals surface area (Å²) in [6.45, 7) is 1.85. The van der Waals surface area contributed by atoms with E-state index >= 15 is 0 Å². The molecule has 0 spiro atoms. The normalized spacial score (nSPS) is 15.8. The molecule has 0 unspecified atom stereocenters. The van der Waals surface area contributed by atoms with Crippen LogP contribution in [-0.2, 0) is 19.6 Å². The summed E-state index contributed by atoms with van der Waals surface area (Å²) in [6, 6.07) is 6.22. The number of nitrogens with one attached hydrogen (secondary N) is 1. The Labute approximate surface area is 189 Å². The van der Waals surface area contributed by atoms with Gasteiger partial charge in [-0.25, -0.2) is 22.0 Å². The van der Waals surface area contributed by atoms with Gasteiger partial charge in [0.25, 0.3) is 5.91 Å². The number of amides is 1. The van der Waals surface area contributed by atoms with Crippen LogP contribution in [0.5, 0.6) is 0 Å². The van der Waals surface area contributed by atoms with Gasteiger partial charge >= 0.3 is 5.97 Å². The molecule has 2 aromatic rings. The zero-order valence-electron chi connectivity index (χ0n) is 17.1. The highest BCUT2D eigenvalue weighted by molar-refractivity contribution is 7.89. The first-order valence-electron chi connectivity index (χ1n) is 9.86. The number of hydrogen-bond acceptors (Lipinski definition) is 5. The summed E-state index contributed by atoms with van der Waals surface area (Å²) in [7, 11) is -4.12. The van der Waals surface area contributed by atoms with E-state index in [1.54, 1.807) is 0 Å². The Morgan fingerprint density at radius 3 is 2.44 bits per heavy atom. The van der Waals surface area contributed by atoms with Gasteiger partial charge in [0, 0.05) is 13.1 Å². The molecule has 1 amide bonds. The Balaban J connectivity index is 1.73. The number of carbonyl (C=O) groups is 2. The van der Waals surface area contributed by atoms with Crippen molar-refractivity contribution in [3.8, 4) is 0 Å². The number of esters is 1. The van der Waals surface area contributed by atoms with E-state index in [-0.39, 0.29) is 29.4 Å². The van der Waals surface area contributed by atoms with Crippen LogP contribution < -0.4 is 5.32 Å². The molecule has 2 aromatic carbocycles. The van der Waals surface area contributed by atoms with Gasteiger partial charge in [0.15, 0.2) is 6.10 Å². The topological polar surface area (TPSA) is 92.8 Å². The lowest BCUT2D eigenvalue weighted by Gasteiger charge is -2.26. The average molecular weight is 487 g/mol. The second-order valence-electron chi connectivity index (χ2n) is 7.27. The van der Waals surface area contributed by atoms with Crippen LogP contribution in [0.1, 0.15) is 36.5 Å². The SMILES string of the molecule is C[C@@H](OC(=O)c1ccc(F)c(S(=O)(=O)N2CCCCC2)c1)C(=O)Nc1ccc(F)cc1Cl. The molecule has 172 valence electrons. The molecule has 32 heavy (non-hydrogen) atoms. The van der Waals surface area contributed by atoms with Crippen LogP contribution in [0, 0.1) is 11.6 Å². The van der Waals surface area contributed by atoms with Crippen molar-refractivity contribution >= 4 is 39.2 Å².